The first-order valence-corrected chi connectivity index (χ1v) is 11.0. The van der Waals surface area contributed by atoms with Crippen molar-refractivity contribution in [2.24, 2.45) is 5.92 Å². The van der Waals surface area contributed by atoms with Gasteiger partial charge in [-0.15, -0.1) is 0 Å². The fraction of sp³-hybridized carbons (Fsp3) is 0.381. The van der Waals surface area contributed by atoms with Gasteiger partial charge < -0.3 is 4.90 Å². The number of carbonyl (C=O) groups is 1. The van der Waals surface area contributed by atoms with Crippen LogP contribution in [0.5, 0.6) is 0 Å². The van der Waals surface area contributed by atoms with Gasteiger partial charge in [-0.3, -0.25) is 4.79 Å². The summed E-state index contributed by atoms with van der Waals surface area (Å²) in [5.74, 6) is -0.576. The molecule has 1 amide bonds. The normalized spacial score (nSPS) is 20.9. The molecule has 7 heteroatoms. The van der Waals surface area contributed by atoms with Crippen LogP contribution in [-0.4, -0.2) is 37.8 Å². The van der Waals surface area contributed by atoms with Crippen molar-refractivity contribution < 1.29 is 17.6 Å². The summed E-state index contributed by atoms with van der Waals surface area (Å²) in [5.41, 5.74) is 2.15. The SMILES string of the molecule is C[C@H]1Cc2ccccc2N1C(=O)C1CCN(S(=O)(=O)c2ccc(F)cc2)CC1. The zero-order chi connectivity index (χ0) is 19.9. The maximum absolute atomic E-state index is 13.2. The number of fused-ring (bicyclic) bond motifs is 1. The van der Waals surface area contributed by atoms with Gasteiger partial charge in [0.1, 0.15) is 5.82 Å². The van der Waals surface area contributed by atoms with E-state index in [1.54, 1.807) is 0 Å². The monoisotopic (exact) mass is 402 g/mol. The summed E-state index contributed by atoms with van der Waals surface area (Å²) >= 11 is 0. The van der Waals surface area contributed by atoms with Crippen molar-refractivity contribution >= 4 is 21.6 Å². The first-order valence-electron chi connectivity index (χ1n) is 9.54. The van der Waals surface area contributed by atoms with E-state index < -0.39 is 15.8 Å². The van der Waals surface area contributed by atoms with Crippen LogP contribution in [0.15, 0.2) is 53.4 Å². The molecule has 0 N–H and O–H groups in total. The van der Waals surface area contributed by atoms with Crippen molar-refractivity contribution in [2.75, 3.05) is 18.0 Å². The first kappa shape index (κ1) is 19.1. The van der Waals surface area contributed by atoms with Crippen LogP contribution in [-0.2, 0) is 21.2 Å². The number of halogens is 1. The summed E-state index contributed by atoms with van der Waals surface area (Å²) in [5, 5.41) is 0. The summed E-state index contributed by atoms with van der Waals surface area (Å²) < 4.78 is 40.0. The molecule has 1 atom stereocenters. The molecule has 1 fully saturated rings. The van der Waals surface area contributed by atoms with E-state index >= 15 is 0 Å². The highest BCUT2D eigenvalue weighted by Crippen LogP contribution is 2.35. The Labute approximate surface area is 164 Å². The lowest BCUT2D eigenvalue weighted by atomic mass is 9.96. The molecule has 0 radical (unpaired) electrons. The number of hydrogen-bond acceptors (Lipinski definition) is 3. The number of sulfonamides is 1. The van der Waals surface area contributed by atoms with Gasteiger partial charge in [0, 0.05) is 30.7 Å². The number of benzene rings is 2. The molecule has 0 aromatic heterocycles. The van der Waals surface area contributed by atoms with E-state index in [-0.39, 0.29) is 22.8 Å². The van der Waals surface area contributed by atoms with Gasteiger partial charge in [-0.05, 0) is 62.1 Å². The van der Waals surface area contributed by atoms with Crippen LogP contribution in [0.25, 0.3) is 0 Å². The topological polar surface area (TPSA) is 57.7 Å². The standard InChI is InChI=1S/C21H23FN2O3S/c1-15-14-17-4-2-3-5-20(17)24(15)21(25)16-10-12-23(13-11-16)28(26,27)19-8-6-18(22)7-9-19/h2-9,15-16H,10-14H2,1H3/t15-/m0/s1. The van der Waals surface area contributed by atoms with Crippen LogP contribution < -0.4 is 4.90 Å². The highest BCUT2D eigenvalue weighted by Gasteiger charge is 2.38. The second-order valence-electron chi connectivity index (χ2n) is 7.52. The van der Waals surface area contributed by atoms with Crippen molar-refractivity contribution in [3.05, 3.63) is 59.9 Å². The summed E-state index contributed by atoms with van der Waals surface area (Å²) in [4.78, 5) is 15.1. The Bertz CT molecular complexity index is 983. The van der Waals surface area contributed by atoms with Crippen molar-refractivity contribution in [3.8, 4) is 0 Å². The quantitative estimate of drug-likeness (QED) is 0.792. The number of anilines is 1. The smallest absolute Gasteiger partial charge is 0.243 e. The minimum atomic E-state index is -3.66. The van der Waals surface area contributed by atoms with Gasteiger partial charge in [0.15, 0.2) is 0 Å². The van der Waals surface area contributed by atoms with E-state index in [9.17, 15) is 17.6 Å². The van der Waals surface area contributed by atoms with Gasteiger partial charge in [0.2, 0.25) is 15.9 Å². The lowest BCUT2D eigenvalue weighted by molar-refractivity contribution is -0.123. The molecule has 4 rings (SSSR count). The first-order chi connectivity index (χ1) is 13.4. The Morgan fingerprint density at radius 1 is 1.04 bits per heavy atom. The Morgan fingerprint density at radius 3 is 2.36 bits per heavy atom. The molecule has 2 heterocycles. The van der Waals surface area contributed by atoms with Crippen LogP contribution >= 0.6 is 0 Å². The Hall–Kier alpha value is -2.25. The maximum Gasteiger partial charge on any atom is 0.243 e. The van der Waals surface area contributed by atoms with E-state index in [0.29, 0.717) is 25.9 Å². The summed E-state index contributed by atoms with van der Waals surface area (Å²) in [6.45, 7) is 2.63. The summed E-state index contributed by atoms with van der Waals surface area (Å²) in [6, 6.07) is 12.9. The van der Waals surface area contributed by atoms with E-state index in [0.717, 1.165) is 24.2 Å². The number of carbonyl (C=O) groups excluding carboxylic acids is 1. The molecule has 148 valence electrons. The molecule has 5 nitrogen and oxygen atoms in total. The van der Waals surface area contributed by atoms with E-state index in [1.807, 2.05) is 30.0 Å². The van der Waals surface area contributed by atoms with Gasteiger partial charge in [0.25, 0.3) is 0 Å². The third kappa shape index (κ3) is 3.33. The molecule has 28 heavy (non-hydrogen) atoms. The number of piperidine rings is 1. The van der Waals surface area contributed by atoms with Crippen LogP contribution in [0, 0.1) is 11.7 Å². The predicted molar refractivity (Wildman–Crippen MR) is 105 cm³/mol. The number of amides is 1. The van der Waals surface area contributed by atoms with Gasteiger partial charge >= 0.3 is 0 Å². The highest BCUT2D eigenvalue weighted by molar-refractivity contribution is 7.89. The number of hydrogen-bond donors (Lipinski definition) is 0. The number of para-hydroxylation sites is 1. The molecule has 2 aromatic carbocycles. The molecular weight excluding hydrogens is 379 g/mol. The second-order valence-corrected chi connectivity index (χ2v) is 9.46. The molecule has 0 aliphatic carbocycles. The lowest BCUT2D eigenvalue weighted by Crippen LogP contribution is -2.46. The number of rotatable bonds is 3. The van der Waals surface area contributed by atoms with Crippen molar-refractivity contribution in [1.29, 1.82) is 0 Å². The molecule has 2 aliphatic heterocycles. The zero-order valence-corrected chi connectivity index (χ0v) is 16.5. The van der Waals surface area contributed by atoms with Crippen LogP contribution in [0.4, 0.5) is 10.1 Å². The van der Waals surface area contributed by atoms with E-state index in [4.69, 9.17) is 0 Å². The summed E-state index contributed by atoms with van der Waals surface area (Å²) in [6.07, 6.45) is 1.83. The van der Waals surface area contributed by atoms with Crippen molar-refractivity contribution in [1.82, 2.24) is 4.31 Å². The average Bonchev–Trinajstić information content (AvgIpc) is 3.03. The zero-order valence-electron chi connectivity index (χ0n) is 15.7. The van der Waals surface area contributed by atoms with Gasteiger partial charge in [-0.25, -0.2) is 12.8 Å². The Kier molecular flexibility index (Phi) is 4.97. The van der Waals surface area contributed by atoms with Gasteiger partial charge in [0.05, 0.1) is 4.90 Å². The van der Waals surface area contributed by atoms with Crippen LogP contribution in [0.2, 0.25) is 0 Å². The third-order valence-electron chi connectivity index (χ3n) is 5.70. The molecule has 0 bridgehead atoms. The van der Waals surface area contributed by atoms with E-state index in [2.05, 4.69) is 6.07 Å². The maximum atomic E-state index is 13.2. The Balaban J connectivity index is 1.46. The van der Waals surface area contributed by atoms with Crippen molar-refractivity contribution in [2.45, 2.75) is 37.1 Å². The van der Waals surface area contributed by atoms with Crippen LogP contribution in [0.3, 0.4) is 0 Å². The molecular formula is C21H23FN2O3S. The molecule has 0 spiro atoms. The molecule has 2 aromatic rings. The fourth-order valence-electron chi connectivity index (χ4n) is 4.20. The van der Waals surface area contributed by atoms with Gasteiger partial charge in [-0.1, -0.05) is 18.2 Å². The summed E-state index contributed by atoms with van der Waals surface area (Å²) in [7, 11) is -3.66. The van der Waals surface area contributed by atoms with Gasteiger partial charge in [-0.2, -0.15) is 4.31 Å². The minimum absolute atomic E-state index is 0.0799. The number of nitrogens with zero attached hydrogens (tertiary/aromatic N) is 2. The van der Waals surface area contributed by atoms with E-state index in [1.165, 1.54) is 22.0 Å². The van der Waals surface area contributed by atoms with Crippen molar-refractivity contribution in [3.63, 3.8) is 0 Å². The lowest BCUT2D eigenvalue weighted by Gasteiger charge is -2.34. The highest BCUT2D eigenvalue weighted by atomic mass is 32.2. The predicted octanol–water partition coefficient (Wildman–Crippen LogP) is 3.20. The molecule has 0 saturated carbocycles. The largest absolute Gasteiger partial charge is 0.309 e. The second kappa shape index (κ2) is 7.29. The minimum Gasteiger partial charge on any atom is -0.309 e. The molecule has 2 aliphatic rings. The molecule has 1 saturated heterocycles. The average molecular weight is 402 g/mol. The molecule has 0 unspecified atom stereocenters. The van der Waals surface area contributed by atoms with Crippen LogP contribution in [0.1, 0.15) is 25.3 Å². The fourth-order valence-corrected chi connectivity index (χ4v) is 5.67. The third-order valence-corrected chi connectivity index (χ3v) is 7.61. The Morgan fingerprint density at radius 2 is 1.68 bits per heavy atom.